The van der Waals surface area contributed by atoms with Crippen LogP contribution in [0, 0.1) is 12.7 Å². The lowest BCUT2D eigenvalue weighted by molar-refractivity contribution is 0.183. The van der Waals surface area contributed by atoms with Crippen molar-refractivity contribution in [2.45, 2.75) is 19.4 Å². The van der Waals surface area contributed by atoms with Crippen molar-refractivity contribution in [1.29, 1.82) is 0 Å². The van der Waals surface area contributed by atoms with Crippen molar-refractivity contribution in [2.75, 3.05) is 6.54 Å². The van der Waals surface area contributed by atoms with Gasteiger partial charge >= 0.3 is 0 Å². The molecule has 3 N–H and O–H groups in total. The van der Waals surface area contributed by atoms with Gasteiger partial charge in [0.05, 0.1) is 6.10 Å². The van der Waals surface area contributed by atoms with Crippen LogP contribution in [-0.2, 0) is 6.42 Å². The second kappa shape index (κ2) is 4.35. The van der Waals surface area contributed by atoms with Crippen LogP contribution in [0.4, 0.5) is 4.39 Å². The molecular weight excluding hydrogens is 169 g/mol. The molecule has 0 amide bonds. The van der Waals surface area contributed by atoms with Gasteiger partial charge in [-0.1, -0.05) is 12.1 Å². The average molecular weight is 183 g/mol. The third-order valence-electron chi connectivity index (χ3n) is 1.97. The third kappa shape index (κ3) is 2.79. The van der Waals surface area contributed by atoms with E-state index in [1.807, 2.05) is 0 Å². The Hall–Kier alpha value is -0.930. The van der Waals surface area contributed by atoms with Gasteiger partial charge in [-0.15, -0.1) is 0 Å². The molecule has 3 heteroatoms. The molecule has 1 rings (SSSR count). The Kier molecular flexibility index (Phi) is 3.39. The summed E-state index contributed by atoms with van der Waals surface area (Å²) in [5, 5.41) is 9.25. The molecule has 0 saturated heterocycles. The largest absolute Gasteiger partial charge is 0.391 e. The standard InChI is InChI=1S/C10H14FNO/c1-7-4-8(2-3-10(7)11)5-9(13)6-12/h2-4,9,13H,5-6,12H2,1H3. The van der Waals surface area contributed by atoms with E-state index in [0.29, 0.717) is 12.0 Å². The summed E-state index contributed by atoms with van der Waals surface area (Å²) >= 11 is 0. The SMILES string of the molecule is Cc1cc(CC(O)CN)ccc1F. The summed E-state index contributed by atoms with van der Waals surface area (Å²) in [5.74, 6) is -0.217. The first-order chi connectivity index (χ1) is 6.13. The average Bonchev–Trinajstić information content (AvgIpc) is 2.11. The topological polar surface area (TPSA) is 46.2 Å². The monoisotopic (exact) mass is 183 g/mol. The number of halogens is 1. The second-order valence-electron chi connectivity index (χ2n) is 3.18. The van der Waals surface area contributed by atoms with Gasteiger partial charge in [0.2, 0.25) is 0 Å². The van der Waals surface area contributed by atoms with Gasteiger partial charge in [0.15, 0.2) is 0 Å². The molecule has 1 atom stereocenters. The maximum absolute atomic E-state index is 12.8. The number of aryl methyl sites for hydroxylation is 1. The molecule has 13 heavy (non-hydrogen) atoms. The molecule has 1 unspecified atom stereocenters. The zero-order valence-corrected chi connectivity index (χ0v) is 7.63. The van der Waals surface area contributed by atoms with Gasteiger partial charge in [-0.25, -0.2) is 4.39 Å². The summed E-state index contributed by atoms with van der Waals surface area (Å²) in [4.78, 5) is 0. The zero-order chi connectivity index (χ0) is 9.84. The van der Waals surface area contributed by atoms with Crippen molar-refractivity contribution in [1.82, 2.24) is 0 Å². The lowest BCUT2D eigenvalue weighted by atomic mass is 10.1. The molecule has 0 heterocycles. The Morgan fingerprint density at radius 3 is 2.77 bits per heavy atom. The van der Waals surface area contributed by atoms with Crippen LogP contribution in [0.25, 0.3) is 0 Å². The Morgan fingerprint density at radius 1 is 1.54 bits per heavy atom. The van der Waals surface area contributed by atoms with Gasteiger partial charge in [0.25, 0.3) is 0 Å². The zero-order valence-electron chi connectivity index (χ0n) is 7.63. The van der Waals surface area contributed by atoms with Crippen LogP contribution >= 0.6 is 0 Å². The van der Waals surface area contributed by atoms with Crippen LogP contribution in [-0.4, -0.2) is 17.8 Å². The summed E-state index contributed by atoms with van der Waals surface area (Å²) < 4.78 is 12.8. The van der Waals surface area contributed by atoms with E-state index in [0.717, 1.165) is 5.56 Å². The van der Waals surface area contributed by atoms with Crippen LogP contribution < -0.4 is 5.73 Å². The molecule has 0 bridgehead atoms. The second-order valence-corrected chi connectivity index (χ2v) is 3.18. The van der Waals surface area contributed by atoms with Crippen LogP contribution in [0.3, 0.4) is 0 Å². The Balaban J connectivity index is 2.73. The summed E-state index contributed by atoms with van der Waals surface area (Å²) in [6, 6.07) is 4.81. The minimum absolute atomic E-state index is 0.217. The normalized spacial score (nSPS) is 12.9. The molecule has 0 aliphatic rings. The number of hydrogen-bond acceptors (Lipinski definition) is 2. The molecule has 0 aromatic heterocycles. The van der Waals surface area contributed by atoms with Crippen molar-refractivity contribution in [2.24, 2.45) is 5.73 Å². The number of hydrogen-bond donors (Lipinski definition) is 2. The van der Waals surface area contributed by atoms with Crippen molar-refractivity contribution < 1.29 is 9.50 Å². The fraction of sp³-hybridized carbons (Fsp3) is 0.400. The molecule has 0 spiro atoms. The molecule has 0 saturated carbocycles. The van der Waals surface area contributed by atoms with E-state index in [2.05, 4.69) is 0 Å². The highest BCUT2D eigenvalue weighted by Gasteiger charge is 2.04. The molecule has 2 nitrogen and oxygen atoms in total. The highest BCUT2D eigenvalue weighted by Crippen LogP contribution is 2.10. The predicted molar refractivity (Wildman–Crippen MR) is 49.9 cm³/mol. The van der Waals surface area contributed by atoms with Gasteiger partial charge in [-0.2, -0.15) is 0 Å². The highest BCUT2D eigenvalue weighted by molar-refractivity contribution is 5.24. The van der Waals surface area contributed by atoms with Crippen molar-refractivity contribution >= 4 is 0 Å². The van der Waals surface area contributed by atoms with E-state index in [-0.39, 0.29) is 12.4 Å². The van der Waals surface area contributed by atoms with E-state index >= 15 is 0 Å². The smallest absolute Gasteiger partial charge is 0.126 e. The van der Waals surface area contributed by atoms with Crippen LogP contribution in [0.15, 0.2) is 18.2 Å². The Bertz CT molecular complexity index is 288. The van der Waals surface area contributed by atoms with E-state index in [1.54, 1.807) is 19.1 Å². The molecule has 0 aliphatic carbocycles. The van der Waals surface area contributed by atoms with E-state index in [1.165, 1.54) is 6.07 Å². The number of benzene rings is 1. The fourth-order valence-electron chi connectivity index (χ4n) is 1.19. The molecule has 72 valence electrons. The molecule has 0 aliphatic heterocycles. The van der Waals surface area contributed by atoms with Gasteiger partial charge < -0.3 is 10.8 Å². The number of aliphatic hydroxyl groups is 1. The molecule has 1 aromatic carbocycles. The Morgan fingerprint density at radius 2 is 2.23 bits per heavy atom. The molecule has 1 aromatic rings. The summed E-state index contributed by atoms with van der Waals surface area (Å²) in [5.41, 5.74) is 6.78. The summed E-state index contributed by atoms with van der Waals surface area (Å²) in [6.45, 7) is 1.93. The first kappa shape index (κ1) is 10.2. The van der Waals surface area contributed by atoms with E-state index < -0.39 is 6.10 Å². The van der Waals surface area contributed by atoms with Gasteiger partial charge in [0.1, 0.15) is 5.82 Å². The molecule has 0 fully saturated rings. The maximum Gasteiger partial charge on any atom is 0.126 e. The first-order valence-electron chi connectivity index (χ1n) is 4.26. The summed E-state index contributed by atoms with van der Waals surface area (Å²) in [7, 11) is 0. The highest BCUT2D eigenvalue weighted by atomic mass is 19.1. The lowest BCUT2D eigenvalue weighted by Crippen LogP contribution is -2.21. The lowest BCUT2D eigenvalue weighted by Gasteiger charge is -2.08. The molecular formula is C10H14FNO. The van der Waals surface area contributed by atoms with Crippen LogP contribution in [0.2, 0.25) is 0 Å². The number of rotatable bonds is 3. The van der Waals surface area contributed by atoms with E-state index in [4.69, 9.17) is 5.73 Å². The number of nitrogens with two attached hydrogens (primary N) is 1. The van der Waals surface area contributed by atoms with Crippen molar-refractivity contribution in [3.63, 3.8) is 0 Å². The van der Waals surface area contributed by atoms with Crippen molar-refractivity contribution in [3.05, 3.63) is 35.1 Å². The Labute approximate surface area is 77.2 Å². The predicted octanol–water partition coefficient (Wildman–Crippen LogP) is 0.996. The number of aliphatic hydroxyl groups excluding tert-OH is 1. The minimum atomic E-state index is -0.537. The van der Waals surface area contributed by atoms with Gasteiger partial charge in [0, 0.05) is 6.54 Å². The van der Waals surface area contributed by atoms with Crippen molar-refractivity contribution in [3.8, 4) is 0 Å². The first-order valence-corrected chi connectivity index (χ1v) is 4.26. The van der Waals surface area contributed by atoms with Crippen LogP contribution in [0.5, 0.6) is 0 Å². The third-order valence-corrected chi connectivity index (χ3v) is 1.97. The van der Waals surface area contributed by atoms with E-state index in [9.17, 15) is 9.50 Å². The van der Waals surface area contributed by atoms with Crippen LogP contribution in [0.1, 0.15) is 11.1 Å². The fourth-order valence-corrected chi connectivity index (χ4v) is 1.19. The summed E-state index contributed by atoms with van der Waals surface area (Å²) in [6.07, 6.45) is -0.0534. The van der Waals surface area contributed by atoms with Gasteiger partial charge in [-0.05, 0) is 30.5 Å². The molecule has 0 radical (unpaired) electrons. The minimum Gasteiger partial charge on any atom is -0.391 e. The quantitative estimate of drug-likeness (QED) is 0.734. The maximum atomic E-state index is 12.8. The van der Waals surface area contributed by atoms with Gasteiger partial charge in [-0.3, -0.25) is 0 Å².